The van der Waals surface area contributed by atoms with Crippen molar-refractivity contribution < 1.29 is 19.4 Å². The lowest BCUT2D eigenvalue weighted by Gasteiger charge is -2.28. The molecule has 2 amide bonds. The van der Waals surface area contributed by atoms with Gasteiger partial charge in [-0.1, -0.05) is 0 Å². The average Bonchev–Trinajstić information content (AvgIpc) is 2.27. The highest BCUT2D eigenvalue weighted by Gasteiger charge is 2.18. The second kappa shape index (κ2) is 6.32. The Morgan fingerprint density at radius 3 is 2.62 bits per heavy atom. The van der Waals surface area contributed by atoms with Crippen LogP contribution in [-0.2, 0) is 9.53 Å². The molecule has 0 aromatic heterocycles. The molecule has 0 saturated carbocycles. The Morgan fingerprint density at radius 1 is 1.44 bits per heavy atom. The minimum atomic E-state index is -0.840. The molecule has 0 spiro atoms. The van der Waals surface area contributed by atoms with Gasteiger partial charge in [0.2, 0.25) is 0 Å². The maximum absolute atomic E-state index is 11.7. The number of carboxylic acids is 1. The largest absolute Gasteiger partial charge is 0.481 e. The van der Waals surface area contributed by atoms with Crippen LogP contribution in [0, 0.1) is 0 Å². The molecule has 6 nitrogen and oxygen atoms in total. The predicted molar refractivity (Wildman–Crippen MR) is 57.3 cm³/mol. The van der Waals surface area contributed by atoms with Gasteiger partial charge in [0, 0.05) is 25.6 Å². The number of nitrogens with zero attached hydrogens (tertiary/aromatic N) is 1. The third-order valence-electron chi connectivity index (χ3n) is 2.46. The van der Waals surface area contributed by atoms with Gasteiger partial charge in [0.05, 0.1) is 13.2 Å². The van der Waals surface area contributed by atoms with Crippen LogP contribution in [0.3, 0.4) is 0 Å². The summed E-state index contributed by atoms with van der Waals surface area (Å²) in [7, 11) is 0. The van der Waals surface area contributed by atoms with Crippen molar-refractivity contribution in [3.63, 3.8) is 0 Å². The van der Waals surface area contributed by atoms with Crippen LogP contribution in [0.4, 0.5) is 4.79 Å². The smallest absolute Gasteiger partial charge is 0.317 e. The van der Waals surface area contributed by atoms with Gasteiger partial charge in [-0.15, -0.1) is 0 Å². The Labute approximate surface area is 94.6 Å². The fourth-order valence-electron chi connectivity index (χ4n) is 1.48. The van der Waals surface area contributed by atoms with E-state index in [0.717, 1.165) is 0 Å². The van der Waals surface area contributed by atoms with Crippen LogP contribution in [0.2, 0.25) is 0 Å². The highest BCUT2D eigenvalue weighted by atomic mass is 16.5. The van der Waals surface area contributed by atoms with E-state index < -0.39 is 5.97 Å². The van der Waals surface area contributed by atoms with E-state index in [9.17, 15) is 9.59 Å². The van der Waals surface area contributed by atoms with Gasteiger partial charge in [0.1, 0.15) is 0 Å². The van der Waals surface area contributed by atoms with Crippen LogP contribution < -0.4 is 5.32 Å². The maximum atomic E-state index is 11.7. The third kappa shape index (κ3) is 4.48. The molecular weight excluding hydrogens is 212 g/mol. The number of rotatable bonds is 4. The number of carbonyl (C=O) groups excluding carboxylic acids is 1. The monoisotopic (exact) mass is 230 g/mol. The molecule has 16 heavy (non-hydrogen) atoms. The zero-order chi connectivity index (χ0) is 12.0. The van der Waals surface area contributed by atoms with Gasteiger partial charge in [-0.3, -0.25) is 4.79 Å². The Hall–Kier alpha value is -1.30. The van der Waals surface area contributed by atoms with E-state index in [1.807, 2.05) is 0 Å². The van der Waals surface area contributed by atoms with Crippen molar-refractivity contribution in [1.82, 2.24) is 10.2 Å². The lowest BCUT2D eigenvalue weighted by Crippen LogP contribution is -2.48. The fourth-order valence-corrected chi connectivity index (χ4v) is 1.48. The van der Waals surface area contributed by atoms with Crippen LogP contribution in [0.5, 0.6) is 0 Å². The Bertz CT molecular complexity index is 251. The summed E-state index contributed by atoms with van der Waals surface area (Å²) >= 11 is 0. The Balaban J connectivity index is 2.23. The molecule has 2 N–H and O–H groups in total. The van der Waals surface area contributed by atoms with Crippen LogP contribution in [0.1, 0.15) is 19.8 Å². The number of carboxylic acid groups (broad SMARTS) is 1. The summed E-state index contributed by atoms with van der Waals surface area (Å²) in [4.78, 5) is 23.7. The topological polar surface area (TPSA) is 78.9 Å². The molecule has 1 heterocycles. The SMILES string of the molecule is CC(CCC(=O)O)NC(=O)N1CCOCC1. The summed E-state index contributed by atoms with van der Waals surface area (Å²) in [5.41, 5.74) is 0. The lowest BCUT2D eigenvalue weighted by molar-refractivity contribution is -0.137. The maximum Gasteiger partial charge on any atom is 0.317 e. The van der Waals surface area contributed by atoms with Crippen molar-refractivity contribution >= 4 is 12.0 Å². The molecule has 0 aromatic carbocycles. The second-order valence-electron chi connectivity index (χ2n) is 3.88. The zero-order valence-corrected chi connectivity index (χ0v) is 9.44. The molecule has 1 fully saturated rings. The first-order valence-electron chi connectivity index (χ1n) is 5.44. The van der Waals surface area contributed by atoms with Gasteiger partial charge >= 0.3 is 12.0 Å². The molecule has 0 aliphatic carbocycles. The molecule has 1 saturated heterocycles. The zero-order valence-electron chi connectivity index (χ0n) is 9.44. The molecule has 6 heteroatoms. The highest BCUT2D eigenvalue weighted by molar-refractivity contribution is 5.74. The van der Waals surface area contributed by atoms with Crippen LogP contribution in [0.15, 0.2) is 0 Å². The first-order valence-corrected chi connectivity index (χ1v) is 5.44. The number of urea groups is 1. The second-order valence-corrected chi connectivity index (χ2v) is 3.88. The van der Waals surface area contributed by atoms with E-state index in [4.69, 9.17) is 9.84 Å². The van der Waals surface area contributed by atoms with Crippen LogP contribution >= 0.6 is 0 Å². The molecule has 1 unspecified atom stereocenters. The van der Waals surface area contributed by atoms with Crippen molar-refractivity contribution in [2.45, 2.75) is 25.8 Å². The number of amides is 2. The predicted octanol–water partition coefficient (Wildman–Crippen LogP) is 0.282. The Kier molecular flexibility index (Phi) is 5.04. The number of nitrogens with one attached hydrogen (secondary N) is 1. The number of morpholine rings is 1. The van der Waals surface area contributed by atoms with E-state index in [1.165, 1.54) is 0 Å². The first kappa shape index (κ1) is 12.8. The average molecular weight is 230 g/mol. The standard InChI is InChI=1S/C10H18N2O4/c1-8(2-3-9(13)14)11-10(15)12-4-6-16-7-5-12/h8H,2-7H2,1H3,(H,11,15)(H,13,14). The van der Waals surface area contributed by atoms with E-state index in [0.29, 0.717) is 32.7 Å². The minimum absolute atomic E-state index is 0.0740. The molecule has 1 aliphatic heterocycles. The van der Waals surface area contributed by atoms with Gasteiger partial charge in [-0.05, 0) is 13.3 Å². The van der Waals surface area contributed by atoms with Crippen molar-refractivity contribution in [2.24, 2.45) is 0 Å². The molecular formula is C10H18N2O4. The molecule has 0 bridgehead atoms. The normalized spacial score (nSPS) is 17.9. The van der Waals surface area contributed by atoms with Gasteiger partial charge in [0.25, 0.3) is 0 Å². The molecule has 1 aliphatic rings. The summed E-state index contributed by atoms with van der Waals surface area (Å²) in [6.07, 6.45) is 0.524. The molecule has 0 aromatic rings. The minimum Gasteiger partial charge on any atom is -0.481 e. The van der Waals surface area contributed by atoms with E-state index in [2.05, 4.69) is 5.32 Å². The van der Waals surface area contributed by atoms with E-state index in [1.54, 1.807) is 11.8 Å². The number of aliphatic carboxylic acids is 1. The Morgan fingerprint density at radius 2 is 2.06 bits per heavy atom. The molecule has 92 valence electrons. The molecule has 1 rings (SSSR count). The van der Waals surface area contributed by atoms with Crippen LogP contribution in [0.25, 0.3) is 0 Å². The van der Waals surface area contributed by atoms with E-state index in [-0.39, 0.29) is 18.5 Å². The highest BCUT2D eigenvalue weighted by Crippen LogP contribution is 2.01. The van der Waals surface area contributed by atoms with Gasteiger partial charge in [0.15, 0.2) is 0 Å². The number of hydrogen-bond acceptors (Lipinski definition) is 3. The fraction of sp³-hybridized carbons (Fsp3) is 0.800. The van der Waals surface area contributed by atoms with Crippen molar-refractivity contribution in [3.8, 4) is 0 Å². The van der Waals surface area contributed by atoms with Gasteiger partial charge in [-0.25, -0.2) is 4.79 Å². The van der Waals surface area contributed by atoms with E-state index >= 15 is 0 Å². The summed E-state index contributed by atoms with van der Waals surface area (Å²) in [6, 6.07) is -0.257. The number of ether oxygens (including phenoxy) is 1. The van der Waals surface area contributed by atoms with Crippen molar-refractivity contribution in [1.29, 1.82) is 0 Å². The summed E-state index contributed by atoms with van der Waals surface area (Å²) in [5, 5.41) is 11.3. The summed E-state index contributed by atoms with van der Waals surface area (Å²) in [5.74, 6) is -0.840. The number of carbonyl (C=O) groups is 2. The summed E-state index contributed by atoms with van der Waals surface area (Å²) < 4.78 is 5.13. The molecule has 0 radical (unpaired) electrons. The van der Waals surface area contributed by atoms with Crippen molar-refractivity contribution in [2.75, 3.05) is 26.3 Å². The first-order chi connectivity index (χ1) is 7.59. The third-order valence-corrected chi connectivity index (χ3v) is 2.46. The van der Waals surface area contributed by atoms with Gasteiger partial charge < -0.3 is 20.1 Å². The number of hydrogen-bond donors (Lipinski definition) is 2. The van der Waals surface area contributed by atoms with Gasteiger partial charge in [-0.2, -0.15) is 0 Å². The van der Waals surface area contributed by atoms with Crippen molar-refractivity contribution in [3.05, 3.63) is 0 Å². The van der Waals surface area contributed by atoms with Crippen LogP contribution in [-0.4, -0.2) is 54.4 Å². The quantitative estimate of drug-likeness (QED) is 0.727. The summed E-state index contributed by atoms with van der Waals surface area (Å²) in [6.45, 7) is 4.13. The molecule has 1 atom stereocenters. The lowest BCUT2D eigenvalue weighted by atomic mass is 10.2.